The van der Waals surface area contributed by atoms with Gasteiger partial charge in [-0.05, 0) is 42.8 Å². The lowest BCUT2D eigenvalue weighted by Crippen LogP contribution is -2.20. The lowest BCUT2D eigenvalue weighted by atomic mass is 10.1. The summed E-state index contributed by atoms with van der Waals surface area (Å²) in [7, 11) is 0. The molecule has 0 atom stereocenters. The van der Waals surface area contributed by atoms with Crippen molar-refractivity contribution in [2.24, 2.45) is 0 Å². The van der Waals surface area contributed by atoms with E-state index in [4.69, 9.17) is 16.3 Å². The van der Waals surface area contributed by atoms with Crippen LogP contribution in [0.25, 0.3) is 6.08 Å². The van der Waals surface area contributed by atoms with Gasteiger partial charge in [-0.2, -0.15) is 0 Å². The number of ether oxygens (including phenoxy) is 1. The average Bonchev–Trinajstić information content (AvgIpc) is 2.54. The molecule has 1 N–H and O–H groups in total. The molecule has 0 spiro atoms. The number of hydrogen-bond donors (Lipinski definition) is 1. The summed E-state index contributed by atoms with van der Waals surface area (Å²) in [5.41, 5.74) is 2.62. The van der Waals surface area contributed by atoms with E-state index >= 15 is 0 Å². The van der Waals surface area contributed by atoms with Crippen molar-refractivity contribution < 1.29 is 14.3 Å². The van der Waals surface area contributed by atoms with Crippen LogP contribution in [0, 0.1) is 6.92 Å². The highest BCUT2D eigenvalue weighted by molar-refractivity contribution is 6.30. The highest BCUT2D eigenvalue weighted by Crippen LogP contribution is 2.13. The molecule has 0 radical (unpaired) electrons. The summed E-state index contributed by atoms with van der Waals surface area (Å²) < 4.78 is 4.88. The molecule has 5 heteroatoms. The van der Waals surface area contributed by atoms with Gasteiger partial charge in [0.05, 0.1) is 0 Å². The van der Waals surface area contributed by atoms with Crippen molar-refractivity contribution in [2.45, 2.75) is 6.92 Å². The van der Waals surface area contributed by atoms with Crippen LogP contribution in [0.3, 0.4) is 0 Å². The lowest BCUT2D eigenvalue weighted by Gasteiger charge is -2.05. The van der Waals surface area contributed by atoms with Crippen LogP contribution in [0.2, 0.25) is 5.02 Å². The Morgan fingerprint density at radius 2 is 1.74 bits per heavy atom. The van der Waals surface area contributed by atoms with Gasteiger partial charge in [-0.15, -0.1) is 0 Å². The molecule has 2 aromatic rings. The predicted molar refractivity (Wildman–Crippen MR) is 91.3 cm³/mol. The first-order chi connectivity index (χ1) is 11.0. The first kappa shape index (κ1) is 16.8. The maximum absolute atomic E-state index is 11.7. The molecule has 0 aliphatic carbocycles. The van der Waals surface area contributed by atoms with Crippen molar-refractivity contribution in [3.05, 3.63) is 70.8 Å². The summed E-state index contributed by atoms with van der Waals surface area (Å²) >= 11 is 5.76. The molecule has 2 aromatic carbocycles. The molecular formula is C18H16ClNO3. The summed E-state index contributed by atoms with van der Waals surface area (Å²) in [4.78, 5) is 23.2. The minimum atomic E-state index is -0.572. The van der Waals surface area contributed by atoms with Gasteiger partial charge in [-0.1, -0.05) is 41.4 Å². The van der Waals surface area contributed by atoms with Crippen LogP contribution in [-0.2, 0) is 14.3 Å². The van der Waals surface area contributed by atoms with Crippen LogP contribution >= 0.6 is 11.6 Å². The Balaban J connectivity index is 1.78. The van der Waals surface area contributed by atoms with Gasteiger partial charge in [0, 0.05) is 16.8 Å². The normalized spacial score (nSPS) is 10.5. The molecule has 0 saturated heterocycles. The second-order valence-corrected chi connectivity index (χ2v) is 5.34. The number of esters is 1. The first-order valence-electron chi connectivity index (χ1n) is 7.00. The summed E-state index contributed by atoms with van der Waals surface area (Å²) in [6.07, 6.45) is 2.93. The number of anilines is 1. The fraction of sp³-hybridized carbons (Fsp3) is 0.111. The fourth-order valence-corrected chi connectivity index (χ4v) is 1.88. The number of nitrogens with one attached hydrogen (secondary N) is 1. The van der Waals surface area contributed by atoms with Crippen LogP contribution in [0.1, 0.15) is 11.1 Å². The van der Waals surface area contributed by atoms with Crippen LogP contribution in [0.15, 0.2) is 54.6 Å². The molecule has 0 aliphatic heterocycles. The van der Waals surface area contributed by atoms with Crippen molar-refractivity contribution in [2.75, 3.05) is 11.9 Å². The topological polar surface area (TPSA) is 55.4 Å². The van der Waals surface area contributed by atoms with E-state index < -0.39 is 11.9 Å². The Hall–Kier alpha value is -2.59. The summed E-state index contributed by atoms with van der Waals surface area (Å²) in [5, 5.41) is 3.18. The van der Waals surface area contributed by atoms with E-state index in [9.17, 15) is 9.59 Å². The Morgan fingerprint density at radius 1 is 1.09 bits per heavy atom. The minimum absolute atomic E-state index is 0.348. The van der Waals surface area contributed by atoms with E-state index in [1.807, 2.05) is 31.2 Å². The number of halogens is 1. The maximum atomic E-state index is 11.7. The van der Waals surface area contributed by atoms with Crippen molar-refractivity contribution in [1.82, 2.24) is 0 Å². The standard InChI is InChI=1S/C18H16ClNO3/c1-13-2-4-14(5-3-13)6-11-18(22)23-12-17(21)20-16-9-7-15(19)8-10-16/h2-11H,12H2,1H3,(H,20,21). The molecule has 4 nitrogen and oxygen atoms in total. The van der Waals surface area contributed by atoms with Gasteiger partial charge in [-0.3, -0.25) is 4.79 Å². The third-order valence-electron chi connectivity index (χ3n) is 2.96. The fourth-order valence-electron chi connectivity index (χ4n) is 1.76. The zero-order valence-corrected chi connectivity index (χ0v) is 13.3. The summed E-state index contributed by atoms with van der Waals surface area (Å²) in [6, 6.07) is 14.3. The first-order valence-corrected chi connectivity index (χ1v) is 7.37. The molecule has 0 bridgehead atoms. The smallest absolute Gasteiger partial charge is 0.331 e. The van der Waals surface area contributed by atoms with Crippen molar-refractivity contribution in [1.29, 1.82) is 0 Å². The van der Waals surface area contributed by atoms with Gasteiger partial charge in [-0.25, -0.2) is 4.79 Å². The van der Waals surface area contributed by atoms with Gasteiger partial charge in [0.15, 0.2) is 6.61 Å². The van der Waals surface area contributed by atoms with Crippen LogP contribution < -0.4 is 5.32 Å². The number of hydrogen-bond acceptors (Lipinski definition) is 3. The van der Waals surface area contributed by atoms with Gasteiger partial charge in [0.2, 0.25) is 0 Å². The molecule has 0 aromatic heterocycles. The second kappa shape index (κ2) is 8.15. The molecule has 0 unspecified atom stereocenters. The van der Waals surface area contributed by atoms with Crippen molar-refractivity contribution in [3.8, 4) is 0 Å². The molecule has 0 saturated carbocycles. The zero-order chi connectivity index (χ0) is 16.7. The van der Waals surface area contributed by atoms with Crippen LogP contribution in [0.4, 0.5) is 5.69 Å². The predicted octanol–water partition coefficient (Wildman–Crippen LogP) is 3.84. The summed E-state index contributed by atoms with van der Waals surface area (Å²) in [6.45, 7) is 1.64. The second-order valence-electron chi connectivity index (χ2n) is 4.91. The lowest BCUT2D eigenvalue weighted by molar-refractivity contribution is -0.142. The largest absolute Gasteiger partial charge is 0.452 e. The van der Waals surface area contributed by atoms with Gasteiger partial charge >= 0.3 is 5.97 Å². The highest BCUT2D eigenvalue weighted by Gasteiger charge is 2.05. The van der Waals surface area contributed by atoms with Crippen LogP contribution in [0.5, 0.6) is 0 Å². The molecule has 1 amide bonds. The Kier molecular flexibility index (Phi) is 5.94. The third-order valence-corrected chi connectivity index (χ3v) is 3.21. The molecular weight excluding hydrogens is 314 g/mol. The number of carbonyl (C=O) groups excluding carboxylic acids is 2. The van der Waals surface area contributed by atoms with E-state index in [1.165, 1.54) is 6.08 Å². The number of aryl methyl sites for hydroxylation is 1. The Bertz CT molecular complexity index is 706. The number of rotatable bonds is 5. The van der Waals surface area contributed by atoms with Gasteiger partial charge in [0.25, 0.3) is 5.91 Å². The molecule has 23 heavy (non-hydrogen) atoms. The third kappa shape index (κ3) is 5.96. The molecule has 0 fully saturated rings. The van der Waals surface area contributed by atoms with E-state index in [2.05, 4.69) is 5.32 Å². The molecule has 0 heterocycles. The monoisotopic (exact) mass is 329 g/mol. The van der Waals surface area contributed by atoms with Gasteiger partial charge in [0.1, 0.15) is 0 Å². The highest BCUT2D eigenvalue weighted by atomic mass is 35.5. The SMILES string of the molecule is Cc1ccc(C=CC(=O)OCC(=O)Nc2ccc(Cl)cc2)cc1. The molecule has 118 valence electrons. The van der Waals surface area contributed by atoms with Crippen molar-refractivity contribution in [3.63, 3.8) is 0 Å². The van der Waals surface area contributed by atoms with Gasteiger partial charge < -0.3 is 10.1 Å². The molecule has 0 aliphatic rings. The zero-order valence-electron chi connectivity index (χ0n) is 12.6. The Morgan fingerprint density at radius 3 is 2.39 bits per heavy atom. The van der Waals surface area contributed by atoms with E-state index in [-0.39, 0.29) is 6.61 Å². The number of benzene rings is 2. The average molecular weight is 330 g/mol. The molecule has 2 rings (SSSR count). The minimum Gasteiger partial charge on any atom is -0.452 e. The van der Waals surface area contributed by atoms with Crippen LogP contribution in [-0.4, -0.2) is 18.5 Å². The Labute approximate surface area is 139 Å². The number of amides is 1. The van der Waals surface area contributed by atoms with Crippen molar-refractivity contribution >= 4 is 35.2 Å². The number of carbonyl (C=O) groups is 2. The maximum Gasteiger partial charge on any atom is 0.331 e. The summed E-state index contributed by atoms with van der Waals surface area (Å²) in [5.74, 6) is -0.985. The van der Waals surface area contributed by atoms with E-state index in [0.717, 1.165) is 11.1 Å². The van der Waals surface area contributed by atoms with E-state index in [1.54, 1.807) is 30.3 Å². The van der Waals surface area contributed by atoms with E-state index in [0.29, 0.717) is 10.7 Å². The quantitative estimate of drug-likeness (QED) is 0.669.